The third-order valence-electron chi connectivity index (χ3n) is 3.38. The molecule has 0 saturated heterocycles. The highest BCUT2D eigenvalue weighted by Crippen LogP contribution is 2.35. The van der Waals surface area contributed by atoms with E-state index >= 15 is 0 Å². The Bertz CT molecular complexity index is 387. The molecule has 1 aromatic carbocycles. The zero-order valence-corrected chi connectivity index (χ0v) is 9.87. The molecule has 1 aromatic rings. The van der Waals surface area contributed by atoms with Gasteiger partial charge in [-0.05, 0) is 24.8 Å². The van der Waals surface area contributed by atoms with Crippen LogP contribution in [-0.4, -0.2) is 23.4 Å². The van der Waals surface area contributed by atoms with Crippen molar-refractivity contribution in [3.63, 3.8) is 0 Å². The molecular formula is C13H16F3NO. The molecule has 0 bridgehead atoms. The van der Waals surface area contributed by atoms with E-state index in [0.717, 1.165) is 6.42 Å². The summed E-state index contributed by atoms with van der Waals surface area (Å²) < 4.78 is 38.9. The maximum absolute atomic E-state index is 13.0. The van der Waals surface area contributed by atoms with Crippen molar-refractivity contribution in [2.45, 2.75) is 37.1 Å². The summed E-state index contributed by atoms with van der Waals surface area (Å²) in [4.78, 5) is 0. The van der Waals surface area contributed by atoms with E-state index in [-0.39, 0.29) is 12.1 Å². The van der Waals surface area contributed by atoms with Gasteiger partial charge in [-0.15, -0.1) is 0 Å². The highest BCUT2D eigenvalue weighted by Gasteiger charge is 2.43. The summed E-state index contributed by atoms with van der Waals surface area (Å²) in [6.45, 7) is -0.0218. The predicted molar refractivity (Wildman–Crippen MR) is 62.0 cm³/mol. The van der Waals surface area contributed by atoms with Crippen LogP contribution in [0.4, 0.5) is 13.2 Å². The number of hydrogen-bond acceptors (Lipinski definition) is 2. The molecule has 5 heteroatoms. The Morgan fingerprint density at radius 1 is 1.22 bits per heavy atom. The van der Waals surface area contributed by atoms with Crippen LogP contribution in [0.25, 0.3) is 0 Å². The van der Waals surface area contributed by atoms with Gasteiger partial charge in [0.05, 0.1) is 5.60 Å². The molecule has 1 saturated carbocycles. The van der Waals surface area contributed by atoms with E-state index in [0.29, 0.717) is 12.8 Å². The summed E-state index contributed by atoms with van der Waals surface area (Å²) in [5.74, 6) is 0. The zero-order chi connectivity index (χ0) is 13.2. The van der Waals surface area contributed by atoms with E-state index in [2.05, 4.69) is 5.32 Å². The second-order valence-electron chi connectivity index (χ2n) is 4.84. The number of aliphatic hydroxyl groups is 1. The van der Waals surface area contributed by atoms with Gasteiger partial charge in [-0.2, -0.15) is 13.2 Å². The van der Waals surface area contributed by atoms with Gasteiger partial charge >= 0.3 is 6.18 Å². The number of rotatable bonds is 4. The molecule has 2 nitrogen and oxygen atoms in total. The Kier molecular flexibility index (Phi) is 3.64. The van der Waals surface area contributed by atoms with E-state index in [1.807, 2.05) is 0 Å². The Labute approximate surface area is 104 Å². The summed E-state index contributed by atoms with van der Waals surface area (Å²) in [6.07, 6.45) is -2.35. The molecule has 0 aromatic heterocycles. The van der Waals surface area contributed by atoms with Gasteiger partial charge in [0.1, 0.15) is 6.04 Å². The second kappa shape index (κ2) is 4.90. The quantitative estimate of drug-likeness (QED) is 0.871. The van der Waals surface area contributed by atoms with Crippen LogP contribution >= 0.6 is 0 Å². The third kappa shape index (κ3) is 3.03. The van der Waals surface area contributed by atoms with Crippen LogP contribution < -0.4 is 5.32 Å². The molecule has 2 N–H and O–H groups in total. The SMILES string of the molecule is OC1(CNC(c2ccccc2)C(F)(F)F)CCC1. The number of benzene rings is 1. The van der Waals surface area contributed by atoms with Crippen LogP contribution in [0.3, 0.4) is 0 Å². The summed E-state index contributed by atoms with van der Waals surface area (Å²) in [6, 6.07) is 5.99. The van der Waals surface area contributed by atoms with Crippen molar-refractivity contribution < 1.29 is 18.3 Å². The van der Waals surface area contributed by atoms with Gasteiger partial charge in [-0.1, -0.05) is 30.3 Å². The molecule has 1 aliphatic carbocycles. The minimum atomic E-state index is -4.36. The number of halogens is 3. The van der Waals surface area contributed by atoms with Crippen molar-refractivity contribution in [2.24, 2.45) is 0 Å². The Balaban J connectivity index is 2.07. The van der Waals surface area contributed by atoms with E-state index < -0.39 is 17.8 Å². The standard InChI is InChI=1S/C13H16F3NO/c14-13(15,16)11(10-5-2-1-3-6-10)17-9-12(18)7-4-8-12/h1-3,5-6,11,17-18H,4,7-9H2. The summed E-state index contributed by atoms with van der Waals surface area (Å²) >= 11 is 0. The van der Waals surface area contributed by atoms with E-state index in [1.54, 1.807) is 18.2 Å². The van der Waals surface area contributed by atoms with Crippen molar-refractivity contribution in [3.05, 3.63) is 35.9 Å². The maximum atomic E-state index is 13.0. The molecule has 2 rings (SSSR count). The average Bonchev–Trinajstić information content (AvgIpc) is 2.26. The minimum absolute atomic E-state index is 0.0218. The van der Waals surface area contributed by atoms with Crippen LogP contribution in [0.5, 0.6) is 0 Å². The van der Waals surface area contributed by atoms with Gasteiger partial charge in [0, 0.05) is 6.54 Å². The molecule has 1 unspecified atom stereocenters. The lowest BCUT2D eigenvalue weighted by Gasteiger charge is -2.38. The lowest BCUT2D eigenvalue weighted by atomic mass is 9.80. The largest absolute Gasteiger partial charge is 0.407 e. The molecule has 1 atom stereocenters. The first-order chi connectivity index (χ1) is 8.41. The minimum Gasteiger partial charge on any atom is -0.389 e. The topological polar surface area (TPSA) is 32.3 Å². The second-order valence-corrected chi connectivity index (χ2v) is 4.84. The average molecular weight is 259 g/mol. The molecule has 0 spiro atoms. The fraction of sp³-hybridized carbons (Fsp3) is 0.538. The molecule has 0 amide bonds. The van der Waals surface area contributed by atoms with Crippen LogP contribution in [0.1, 0.15) is 30.9 Å². The highest BCUT2D eigenvalue weighted by molar-refractivity contribution is 5.20. The first-order valence-electron chi connectivity index (χ1n) is 5.98. The molecule has 18 heavy (non-hydrogen) atoms. The van der Waals surface area contributed by atoms with Crippen LogP contribution in [0.15, 0.2) is 30.3 Å². The number of hydrogen-bond donors (Lipinski definition) is 2. The first-order valence-corrected chi connectivity index (χ1v) is 5.98. The van der Waals surface area contributed by atoms with Gasteiger partial charge in [-0.25, -0.2) is 0 Å². The summed E-state index contributed by atoms with van der Waals surface area (Å²) in [5.41, 5.74) is -0.786. The van der Waals surface area contributed by atoms with E-state index in [9.17, 15) is 18.3 Å². The van der Waals surface area contributed by atoms with Gasteiger partial charge in [0.15, 0.2) is 0 Å². The maximum Gasteiger partial charge on any atom is 0.407 e. The van der Waals surface area contributed by atoms with Gasteiger partial charge < -0.3 is 5.11 Å². The summed E-state index contributed by atoms with van der Waals surface area (Å²) in [7, 11) is 0. The third-order valence-corrected chi connectivity index (χ3v) is 3.38. The molecule has 100 valence electrons. The normalized spacial score (nSPS) is 20.2. The van der Waals surface area contributed by atoms with E-state index in [4.69, 9.17) is 0 Å². The number of alkyl halides is 3. The van der Waals surface area contributed by atoms with Gasteiger partial charge in [0.25, 0.3) is 0 Å². The van der Waals surface area contributed by atoms with Crippen LogP contribution in [0.2, 0.25) is 0 Å². The van der Waals surface area contributed by atoms with Crippen LogP contribution in [0, 0.1) is 0 Å². The molecular weight excluding hydrogens is 243 g/mol. The lowest BCUT2D eigenvalue weighted by molar-refractivity contribution is -0.161. The number of nitrogens with one attached hydrogen (secondary N) is 1. The van der Waals surface area contributed by atoms with E-state index in [1.165, 1.54) is 12.1 Å². The molecule has 0 aliphatic heterocycles. The van der Waals surface area contributed by atoms with Crippen LogP contribution in [-0.2, 0) is 0 Å². The highest BCUT2D eigenvalue weighted by atomic mass is 19.4. The Morgan fingerprint density at radius 2 is 1.83 bits per heavy atom. The lowest BCUT2D eigenvalue weighted by Crippen LogP contribution is -2.49. The van der Waals surface area contributed by atoms with Gasteiger partial charge in [-0.3, -0.25) is 5.32 Å². The fourth-order valence-electron chi connectivity index (χ4n) is 2.12. The smallest absolute Gasteiger partial charge is 0.389 e. The molecule has 1 aliphatic rings. The Morgan fingerprint density at radius 3 is 2.28 bits per heavy atom. The first kappa shape index (κ1) is 13.4. The summed E-state index contributed by atoms with van der Waals surface area (Å²) in [5, 5.41) is 12.3. The predicted octanol–water partition coefficient (Wildman–Crippen LogP) is 2.79. The monoisotopic (exact) mass is 259 g/mol. The van der Waals surface area contributed by atoms with Crippen molar-refractivity contribution in [1.29, 1.82) is 0 Å². The van der Waals surface area contributed by atoms with Crippen molar-refractivity contribution in [3.8, 4) is 0 Å². The van der Waals surface area contributed by atoms with Crippen molar-refractivity contribution in [2.75, 3.05) is 6.54 Å². The zero-order valence-electron chi connectivity index (χ0n) is 9.87. The molecule has 1 fully saturated rings. The fourth-order valence-corrected chi connectivity index (χ4v) is 2.12. The van der Waals surface area contributed by atoms with Crippen molar-refractivity contribution in [1.82, 2.24) is 5.32 Å². The molecule has 0 radical (unpaired) electrons. The van der Waals surface area contributed by atoms with Crippen molar-refractivity contribution >= 4 is 0 Å². The van der Waals surface area contributed by atoms with Gasteiger partial charge in [0.2, 0.25) is 0 Å². The Hall–Kier alpha value is -1.07. The molecule has 0 heterocycles.